The van der Waals surface area contributed by atoms with Gasteiger partial charge in [0.2, 0.25) is 0 Å². The predicted molar refractivity (Wildman–Crippen MR) is 76.8 cm³/mol. The van der Waals surface area contributed by atoms with Gasteiger partial charge in [-0.2, -0.15) is 0 Å². The third kappa shape index (κ3) is 5.59. The standard InChI is InChI=1S/C15H23NO4/c1-3-11(2)14(15(18)19)16-9-12(17)10-20-13-7-5-4-6-8-13/h4-8,11-12,14,16-17H,3,9-10H2,1-2H3,(H,18,19)/t11-,12-,14+/m0/s1. The van der Waals surface area contributed by atoms with Gasteiger partial charge in [-0.25, -0.2) is 0 Å². The molecule has 1 aromatic rings. The summed E-state index contributed by atoms with van der Waals surface area (Å²) < 4.78 is 5.41. The highest BCUT2D eigenvalue weighted by Crippen LogP contribution is 2.09. The van der Waals surface area contributed by atoms with Crippen LogP contribution in [0.15, 0.2) is 30.3 Å². The molecule has 0 saturated carbocycles. The van der Waals surface area contributed by atoms with E-state index in [1.807, 2.05) is 32.0 Å². The van der Waals surface area contributed by atoms with Crippen LogP contribution >= 0.6 is 0 Å². The Kier molecular flexibility index (Phi) is 7.04. The van der Waals surface area contributed by atoms with E-state index in [2.05, 4.69) is 5.32 Å². The number of aliphatic hydroxyl groups is 1. The molecule has 5 heteroatoms. The predicted octanol–water partition coefficient (Wildman–Crippen LogP) is 1.52. The fourth-order valence-electron chi connectivity index (χ4n) is 1.80. The van der Waals surface area contributed by atoms with Gasteiger partial charge in [0.25, 0.3) is 0 Å². The minimum Gasteiger partial charge on any atom is -0.491 e. The maximum absolute atomic E-state index is 11.1. The number of rotatable bonds is 9. The Hall–Kier alpha value is -1.59. The molecule has 1 aromatic carbocycles. The lowest BCUT2D eigenvalue weighted by atomic mass is 9.99. The molecule has 1 rings (SSSR count). The number of ether oxygens (including phenoxy) is 1. The van der Waals surface area contributed by atoms with Crippen molar-refractivity contribution < 1.29 is 19.7 Å². The molecule has 0 bridgehead atoms. The molecule has 0 aliphatic rings. The maximum Gasteiger partial charge on any atom is 0.320 e. The van der Waals surface area contributed by atoms with E-state index in [1.165, 1.54) is 0 Å². The topological polar surface area (TPSA) is 78.8 Å². The smallest absolute Gasteiger partial charge is 0.320 e. The molecule has 0 spiro atoms. The third-order valence-corrected chi connectivity index (χ3v) is 3.24. The molecule has 0 aliphatic heterocycles. The largest absolute Gasteiger partial charge is 0.491 e. The second-order valence-corrected chi connectivity index (χ2v) is 4.89. The molecule has 3 atom stereocenters. The summed E-state index contributed by atoms with van der Waals surface area (Å²) >= 11 is 0. The molecule has 3 N–H and O–H groups in total. The van der Waals surface area contributed by atoms with Crippen molar-refractivity contribution >= 4 is 5.97 Å². The fraction of sp³-hybridized carbons (Fsp3) is 0.533. The molecule has 0 aromatic heterocycles. The normalized spacial score (nSPS) is 15.3. The van der Waals surface area contributed by atoms with E-state index < -0.39 is 18.1 Å². The summed E-state index contributed by atoms with van der Waals surface area (Å²) in [5.74, 6) is -0.200. The number of carbonyl (C=O) groups is 1. The molecule has 112 valence electrons. The monoisotopic (exact) mass is 281 g/mol. The molecule has 0 fully saturated rings. The first-order chi connectivity index (χ1) is 9.54. The van der Waals surface area contributed by atoms with Crippen LogP contribution in [0.3, 0.4) is 0 Å². The molecule has 0 unspecified atom stereocenters. The van der Waals surface area contributed by atoms with E-state index in [0.717, 1.165) is 6.42 Å². The second-order valence-electron chi connectivity index (χ2n) is 4.89. The number of aliphatic carboxylic acids is 1. The highest BCUT2D eigenvalue weighted by atomic mass is 16.5. The van der Waals surface area contributed by atoms with E-state index >= 15 is 0 Å². The molecule has 0 amide bonds. The lowest BCUT2D eigenvalue weighted by molar-refractivity contribution is -0.141. The zero-order chi connectivity index (χ0) is 15.0. The average molecular weight is 281 g/mol. The zero-order valence-corrected chi connectivity index (χ0v) is 12.0. The molecular formula is C15H23NO4. The van der Waals surface area contributed by atoms with Gasteiger partial charge in [0.15, 0.2) is 0 Å². The zero-order valence-electron chi connectivity index (χ0n) is 12.0. The Morgan fingerprint density at radius 2 is 2.00 bits per heavy atom. The number of carboxylic acids is 1. The first-order valence-electron chi connectivity index (χ1n) is 6.86. The van der Waals surface area contributed by atoms with Gasteiger partial charge in [-0.05, 0) is 18.1 Å². The Balaban J connectivity index is 2.34. The molecule has 0 heterocycles. The summed E-state index contributed by atoms with van der Waals surface area (Å²) in [4.78, 5) is 11.1. The molecule has 0 saturated heterocycles. The van der Waals surface area contributed by atoms with Crippen LogP contribution in [0.4, 0.5) is 0 Å². The number of para-hydroxylation sites is 1. The average Bonchev–Trinajstić information content (AvgIpc) is 2.45. The summed E-state index contributed by atoms with van der Waals surface area (Å²) in [7, 11) is 0. The van der Waals surface area contributed by atoms with E-state index in [0.29, 0.717) is 5.75 Å². The number of carboxylic acid groups (broad SMARTS) is 1. The lowest BCUT2D eigenvalue weighted by Crippen LogP contribution is -2.45. The Morgan fingerprint density at radius 1 is 1.35 bits per heavy atom. The van der Waals surface area contributed by atoms with Crippen LogP contribution in [0.25, 0.3) is 0 Å². The summed E-state index contributed by atoms with van der Waals surface area (Å²) in [6.07, 6.45) is 0.0155. The van der Waals surface area contributed by atoms with Crippen LogP contribution in [-0.4, -0.2) is 41.5 Å². The van der Waals surface area contributed by atoms with Crippen molar-refractivity contribution in [2.45, 2.75) is 32.4 Å². The van der Waals surface area contributed by atoms with Gasteiger partial charge in [-0.15, -0.1) is 0 Å². The Bertz CT molecular complexity index is 396. The van der Waals surface area contributed by atoms with Gasteiger partial charge in [-0.1, -0.05) is 38.5 Å². The maximum atomic E-state index is 11.1. The summed E-state index contributed by atoms with van der Waals surface area (Å²) in [6, 6.07) is 8.55. The number of aliphatic hydroxyl groups excluding tert-OH is 1. The van der Waals surface area contributed by atoms with Gasteiger partial charge in [0, 0.05) is 6.54 Å². The number of benzene rings is 1. The van der Waals surface area contributed by atoms with Crippen LogP contribution in [0, 0.1) is 5.92 Å². The van der Waals surface area contributed by atoms with Crippen LogP contribution in [0.1, 0.15) is 20.3 Å². The number of hydrogen-bond acceptors (Lipinski definition) is 4. The molecular weight excluding hydrogens is 258 g/mol. The summed E-state index contributed by atoms with van der Waals surface area (Å²) in [5, 5.41) is 21.8. The number of hydrogen-bond donors (Lipinski definition) is 3. The molecule has 0 radical (unpaired) electrons. The van der Waals surface area contributed by atoms with E-state index in [1.54, 1.807) is 12.1 Å². The molecule has 20 heavy (non-hydrogen) atoms. The first kappa shape index (κ1) is 16.5. The highest BCUT2D eigenvalue weighted by Gasteiger charge is 2.23. The van der Waals surface area contributed by atoms with Crippen LogP contribution in [-0.2, 0) is 4.79 Å². The van der Waals surface area contributed by atoms with E-state index in [9.17, 15) is 9.90 Å². The van der Waals surface area contributed by atoms with Crippen molar-refractivity contribution in [1.82, 2.24) is 5.32 Å². The highest BCUT2D eigenvalue weighted by molar-refractivity contribution is 5.73. The molecule has 0 aliphatic carbocycles. The Morgan fingerprint density at radius 3 is 2.55 bits per heavy atom. The van der Waals surface area contributed by atoms with Crippen LogP contribution in [0.5, 0.6) is 5.75 Å². The van der Waals surface area contributed by atoms with Crippen molar-refractivity contribution in [2.75, 3.05) is 13.2 Å². The van der Waals surface area contributed by atoms with Crippen molar-refractivity contribution in [2.24, 2.45) is 5.92 Å². The first-order valence-corrected chi connectivity index (χ1v) is 6.86. The molecule has 5 nitrogen and oxygen atoms in total. The Labute approximate surface area is 119 Å². The quantitative estimate of drug-likeness (QED) is 0.639. The van der Waals surface area contributed by atoms with Gasteiger partial charge in [0.1, 0.15) is 24.5 Å². The van der Waals surface area contributed by atoms with Crippen molar-refractivity contribution in [3.05, 3.63) is 30.3 Å². The summed E-state index contributed by atoms with van der Waals surface area (Å²) in [5.41, 5.74) is 0. The van der Waals surface area contributed by atoms with Gasteiger partial charge >= 0.3 is 5.97 Å². The van der Waals surface area contributed by atoms with Crippen LogP contribution < -0.4 is 10.1 Å². The van der Waals surface area contributed by atoms with Crippen molar-refractivity contribution in [1.29, 1.82) is 0 Å². The van der Waals surface area contributed by atoms with Crippen LogP contribution in [0.2, 0.25) is 0 Å². The minimum atomic E-state index is -0.893. The van der Waals surface area contributed by atoms with E-state index in [-0.39, 0.29) is 19.1 Å². The lowest BCUT2D eigenvalue weighted by Gasteiger charge is -2.22. The fourth-order valence-corrected chi connectivity index (χ4v) is 1.80. The third-order valence-electron chi connectivity index (χ3n) is 3.24. The SMILES string of the molecule is CC[C@H](C)[C@@H](NC[C@H](O)COc1ccccc1)C(=O)O. The number of nitrogens with one attached hydrogen (secondary N) is 1. The van der Waals surface area contributed by atoms with Gasteiger partial charge < -0.3 is 20.3 Å². The van der Waals surface area contributed by atoms with Gasteiger partial charge in [0.05, 0.1) is 0 Å². The summed E-state index contributed by atoms with van der Waals surface area (Å²) in [6.45, 7) is 4.13. The van der Waals surface area contributed by atoms with Crippen molar-refractivity contribution in [3.63, 3.8) is 0 Å². The van der Waals surface area contributed by atoms with Crippen molar-refractivity contribution in [3.8, 4) is 5.75 Å². The van der Waals surface area contributed by atoms with Gasteiger partial charge in [-0.3, -0.25) is 4.79 Å². The van der Waals surface area contributed by atoms with E-state index in [4.69, 9.17) is 9.84 Å². The minimum absolute atomic E-state index is 0.00902. The second kappa shape index (κ2) is 8.55.